The van der Waals surface area contributed by atoms with Crippen LogP contribution in [0.25, 0.3) is 0 Å². The van der Waals surface area contributed by atoms with Crippen LogP contribution in [0.15, 0.2) is 16.3 Å². The van der Waals surface area contributed by atoms with Gasteiger partial charge in [0.25, 0.3) is 10.0 Å². The lowest BCUT2D eigenvalue weighted by molar-refractivity contribution is -0.136. The fourth-order valence-corrected chi connectivity index (χ4v) is 5.33. The molecule has 0 spiro atoms. The van der Waals surface area contributed by atoms with Crippen molar-refractivity contribution in [2.24, 2.45) is 5.92 Å². The van der Waals surface area contributed by atoms with Crippen LogP contribution in [0.4, 0.5) is 0 Å². The molecule has 8 heteroatoms. The fraction of sp³-hybridized carbons (Fsp3) is 0.583. The number of thiophene rings is 1. The van der Waals surface area contributed by atoms with Crippen LogP contribution < -0.4 is 0 Å². The van der Waals surface area contributed by atoms with Gasteiger partial charge >= 0.3 is 5.97 Å². The molecule has 0 radical (unpaired) electrons. The molecule has 1 atom stereocenters. The number of carboxylic acids is 1. The maximum atomic E-state index is 12.4. The van der Waals surface area contributed by atoms with Crippen LogP contribution in [-0.2, 0) is 21.2 Å². The van der Waals surface area contributed by atoms with Crippen molar-refractivity contribution in [3.05, 3.63) is 17.0 Å². The minimum Gasteiger partial charge on any atom is -0.481 e. The van der Waals surface area contributed by atoms with Gasteiger partial charge in [-0.3, -0.25) is 4.79 Å². The Balaban J connectivity index is 2.11. The number of carboxylic acid groups (broad SMARTS) is 1. The average molecular weight is 319 g/mol. The number of aliphatic hydroxyl groups is 1. The zero-order valence-corrected chi connectivity index (χ0v) is 12.5. The van der Waals surface area contributed by atoms with Crippen molar-refractivity contribution in [1.82, 2.24) is 4.31 Å². The second-order valence-electron chi connectivity index (χ2n) is 4.82. The Bertz CT molecular complexity index is 580. The normalized spacial score (nSPS) is 20.4. The number of rotatable bonds is 6. The number of aliphatic hydroxyl groups excluding tert-OH is 1. The number of aliphatic carboxylic acids is 1. The van der Waals surface area contributed by atoms with Crippen LogP contribution in [0.3, 0.4) is 0 Å². The molecular formula is C12H17NO5S2. The molecule has 2 rings (SSSR count). The predicted molar refractivity (Wildman–Crippen MR) is 74.2 cm³/mol. The molecule has 0 saturated carbocycles. The van der Waals surface area contributed by atoms with E-state index in [2.05, 4.69) is 0 Å². The van der Waals surface area contributed by atoms with Gasteiger partial charge in [-0.15, -0.1) is 11.3 Å². The molecule has 2 heterocycles. The first-order chi connectivity index (χ1) is 9.43. The molecule has 1 aromatic rings. The number of sulfonamides is 1. The van der Waals surface area contributed by atoms with Crippen LogP contribution in [0.2, 0.25) is 0 Å². The molecule has 20 heavy (non-hydrogen) atoms. The van der Waals surface area contributed by atoms with Crippen molar-refractivity contribution in [3.8, 4) is 0 Å². The average Bonchev–Trinajstić information content (AvgIpc) is 2.98. The molecule has 1 aliphatic rings. The second kappa shape index (κ2) is 6.21. The predicted octanol–water partition coefficient (Wildman–Crippen LogP) is 0.768. The zero-order chi connectivity index (χ0) is 14.8. The molecule has 112 valence electrons. The topological polar surface area (TPSA) is 94.9 Å². The number of hydrogen-bond acceptors (Lipinski definition) is 5. The largest absolute Gasteiger partial charge is 0.481 e. The Hall–Kier alpha value is -0.960. The molecule has 0 aromatic carbocycles. The molecule has 1 aromatic heterocycles. The minimum absolute atomic E-state index is 0.0698. The molecular weight excluding hydrogens is 302 g/mol. The Kier molecular flexibility index (Phi) is 4.79. The molecule has 0 bridgehead atoms. The summed E-state index contributed by atoms with van der Waals surface area (Å²) in [6.45, 7) is 0.953. The second-order valence-corrected chi connectivity index (χ2v) is 8.15. The summed E-state index contributed by atoms with van der Waals surface area (Å²) in [5, 5.41) is 17.6. The monoisotopic (exact) mass is 319 g/mol. The molecule has 6 nitrogen and oxygen atoms in total. The summed E-state index contributed by atoms with van der Waals surface area (Å²) < 4.78 is 26.4. The van der Waals surface area contributed by atoms with E-state index in [4.69, 9.17) is 10.2 Å². The first kappa shape index (κ1) is 15.4. The first-order valence-corrected chi connectivity index (χ1v) is 8.60. The molecule has 1 fully saturated rings. The smallest absolute Gasteiger partial charge is 0.308 e. The maximum Gasteiger partial charge on any atom is 0.308 e. The van der Waals surface area contributed by atoms with Crippen LogP contribution in [-0.4, -0.2) is 48.6 Å². The van der Waals surface area contributed by atoms with Gasteiger partial charge in [0.15, 0.2) is 0 Å². The van der Waals surface area contributed by atoms with E-state index in [0.29, 0.717) is 24.4 Å². The highest BCUT2D eigenvalue weighted by Crippen LogP contribution is 2.30. The highest BCUT2D eigenvalue weighted by molar-refractivity contribution is 7.91. The van der Waals surface area contributed by atoms with Crippen molar-refractivity contribution in [2.45, 2.75) is 23.5 Å². The van der Waals surface area contributed by atoms with E-state index in [1.165, 1.54) is 10.4 Å². The lowest BCUT2D eigenvalue weighted by atomic mass is 10.1. The van der Waals surface area contributed by atoms with Gasteiger partial charge in [0.1, 0.15) is 4.21 Å². The maximum absolute atomic E-state index is 12.4. The molecule has 0 amide bonds. The van der Waals surface area contributed by atoms with Gasteiger partial charge in [0, 0.05) is 24.6 Å². The van der Waals surface area contributed by atoms with E-state index in [9.17, 15) is 13.2 Å². The Morgan fingerprint density at radius 2 is 2.20 bits per heavy atom. The summed E-state index contributed by atoms with van der Waals surface area (Å²) in [6, 6.07) is 3.02. The van der Waals surface area contributed by atoms with Crippen LogP contribution in [0.1, 0.15) is 17.7 Å². The first-order valence-electron chi connectivity index (χ1n) is 6.35. The molecule has 2 N–H and O–H groups in total. The van der Waals surface area contributed by atoms with E-state index >= 15 is 0 Å². The Morgan fingerprint density at radius 3 is 2.85 bits per heavy atom. The summed E-state index contributed by atoms with van der Waals surface area (Å²) in [6.07, 6.45) is 1.21. The van der Waals surface area contributed by atoms with Crippen molar-refractivity contribution in [2.75, 3.05) is 19.7 Å². The number of carbonyl (C=O) groups is 1. The standard InChI is InChI=1S/C12H17NO5S2/c14-6-4-9-3-5-13(8-9)20(17,18)12-2-1-10(19-12)7-11(15)16/h1-2,9,14H,3-8H2,(H,15,16). The van der Waals surface area contributed by atoms with Gasteiger partial charge < -0.3 is 10.2 Å². The van der Waals surface area contributed by atoms with Crippen molar-refractivity contribution >= 4 is 27.3 Å². The number of nitrogens with zero attached hydrogens (tertiary/aromatic N) is 1. The molecule has 1 saturated heterocycles. The van der Waals surface area contributed by atoms with E-state index in [1.807, 2.05) is 0 Å². The third-order valence-corrected chi connectivity index (χ3v) is 6.76. The number of hydrogen-bond donors (Lipinski definition) is 2. The Morgan fingerprint density at radius 1 is 1.45 bits per heavy atom. The summed E-state index contributed by atoms with van der Waals surface area (Å²) in [5.41, 5.74) is 0. The minimum atomic E-state index is -3.53. The SMILES string of the molecule is O=C(O)Cc1ccc(S(=O)(=O)N2CCC(CCO)C2)s1. The molecule has 1 aliphatic heterocycles. The fourth-order valence-electron chi connectivity index (χ4n) is 2.30. The van der Waals surface area contributed by atoms with Gasteiger partial charge in [0.2, 0.25) is 0 Å². The van der Waals surface area contributed by atoms with Gasteiger partial charge in [-0.2, -0.15) is 4.31 Å². The quantitative estimate of drug-likeness (QED) is 0.807. The third-order valence-electron chi connectivity index (χ3n) is 3.34. The van der Waals surface area contributed by atoms with Crippen molar-refractivity contribution in [3.63, 3.8) is 0 Å². The summed E-state index contributed by atoms with van der Waals surface area (Å²) >= 11 is 1.01. The van der Waals surface area contributed by atoms with Crippen LogP contribution >= 0.6 is 11.3 Å². The lowest BCUT2D eigenvalue weighted by Gasteiger charge is -2.15. The summed E-state index contributed by atoms with van der Waals surface area (Å²) in [7, 11) is -3.53. The van der Waals surface area contributed by atoms with E-state index < -0.39 is 16.0 Å². The zero-order valence-electron chi connectivity index (χ0n) is 10.9. The van der Waals surface area contributed by atoms with Gasteiger partial charge in [-0.25, -0.2) is 8.42 Å². The molecule has 0 aliphatic carbocycles. The summed E-state index contributed by atoms with van der Waals surface area (Å²) in [5.74, 6) is -0.770. The van der Waals surface area contributed by atoms with Gasteiger partial charge in [-0.1, -0.05) is 0 Å². The van der Waals surface area contributed by atoms with Crippen molar-refractivity contribution in [1.29, 1.82) is 0 Å². The molecule has 1 unspecified atom stereocenters. The third kappa shape index (κ3) is 3.38. The van der Waals surface area contributed by atoms with Crippen LogP contribution in [0, 0.1) is 5.92 Å². The Labute approximate surface area is 121 Å². The van der Waals surface area contributed by atoms with E-state index in [-0.39, 0.29) is 23.2 Å². The highest BCUT2D eigenvalue weighted by Gasteiger charge is 2.33. The van der Waals surface area contributed by atoms with E-state index in [1.54, 1.807) is 6.07 Å². The van der Waals surface area contributed by atoms with Crippen molar-refractivity contribution < 1.29 is 23.4 Å². The van der Waals surface area contributed by atoms with Gasteiger partial charge in [-0.05, 0) is 30.9 Å². The van der Waals surface area contributed by atoms with E-state index in [0.717, 1.165) is 17.8 Å². The van der Waals surface area contributed by atoms with Crippen LogP contribution in [0.5, 0.6) is 0 Å². The highest BCUT2D eigenvalue weighted by atomic mass is 32.2. The van der Waals surface area contributed by atoms with Gasteiger partial charge in [0.05, 0.1) is 6.42 Å². The summed E-state index contributed by atoms with van der Waals surface area (Å²) in [4.78, 5) is 11.2. The lowest BCUT2D eigenvalue weighted by Crippen LogP contribution is -2.28.